The van der Waals surface area contributed by atoms with Gasteiger partial charge in [-0.25, -0.2) is 14.8 Å². The summed E-state index contributed by atoms with van der Waals surface area (Å²) in [6, 6.07) is 23.0. The molecule has 14 nitrogen and oxygen atoms in total. The number of methoxy groups -OCH3 is 1. The van der Waals surface area contributed by atoms with E-state index in [0.717, 1.165) is 73.9 Å². The van der Waals surface area contributed by atoms with Gasteiger partial charge in [0.25, 0.3) is 0 Å². The maximum Gasteiger partial charge on any atom is 0.407 e. The van der Waals surface area contributed by atoms with Crippen LogP contribution < -0.4 is 15.4 Å². The molecule has 4 aromatic carbocycles. The van der Waals surface area contributed by atoms with Crippen molar-refractivity contribution in [3.8, 4) is 41.0 Å². The number of fused-ring (bicyclic) bond motifs is 6. The minimum atomic E-state index is -0.791. The molecule has 7 rings (SSSR count). The first-order chi connectivity index (χ1) is 31.6. The van der Waals surface area contributed by atoms with Crippen molar-refractivity contribution in [2.75, 3.05) is 26.7 Å². The van der Waals surface area contributed by atoms with E-state index in [1.165, 1.54) is 13.5 Å². The third kappa shape index (κ3) is 12.7. The molecule has 0 saturated carbocycles. The van der Waals surface area contributed by atoms with E-state index in [-0.39, 0.29) is 43.8 Å². The van der Waals surface area contributed by atoms with Crippen molar-refractivity contribution < 1.29 is 28.7 Å². The van der Waals surface area contributed by atoms with Gasteiger partial charge in [-0.1, -0.05) is 103 Å². The highest BCUT2D eigenvalue weighted by Crippen LogP contribution is 2.42. The van der Waals surface area contributed by atoms with Crippen LogP contribution in [0, 0.1) is 12.8 Å². The van der Waals surface area contributed by atoms with Gasteiger partial charge in [-0.3, -0.25) is 14.4 Å². The molecular formula is C51H64N8O6. The number of aromatic amines is 2. The first-order valence-electron chi connectivity index (χ1n) is 22.4. The van der Waals surface area contributed by atoms with Crippen LogP contribution in [-0.2, 0) is 38.8 Å². The maximum atomic E-state index is 13.9. The Kier molecular flexibility index (Phi) is 19.6. The van der Waals surface area contributed by atoms with Gasteiger partial charge >= 0.3 is 6.09 Å². The van der Waals surface area contributed by atoms with Crippen molar-refractivity contribution in [1.82, 2.24) is 40.4 Å². The largest absolute Gasteiger partial charge is 0.488 e. The van der Waals surface area contributed by atoms with Gasteiger partial charge in [-0.15, -0.1) is 12.8 Å². The molecule has 65 heavy (non-hydrogen) atoms. The van der Waals surface area contributed by atoms with Crippen molar-refractivity contribution in [2.45, 2.75) is 99.9 Å². The predicted octanol–water partition coefficient (Wildman–Crippen LogP) is 9.46. The summed E-state index contributed by atoms with van der Waals surface area (Å²) in [6.07, 6.45) is 12.2. The minimum absolute atomic E-state index is 0.163. The topological polar surface area (TPSA) is 175 Å². The zero-order chi connectivity index (χ0) is 47.5. The SMILES string of the molecule is C#C.CC.CCC.CCCN(Cc1nc2c(ccc3cc4c(cc32)OCc2cc(-c3cnc(CN(CCC)C(=O)[C@H](NC(=O)CC)c5ccccc5)[nH]3)ccc2-4)[nH]1)C(=O)CNC(=O)OC. The monoisotopic (exact) mass is 884 g/mol. The lowest BCUT2D eigenvalue weighted by Gasteiger charge is -2.27. The third-order valence-electron chi connectivity index (χ3n) is 10.2. The molecule has 0 spiro atoms. The molecule has 14 heteroatoms. The average Bonchev–Trinajstić information content (AvgIpc) is 4.00. The number of aromatic nitrogens is 4. The highest BCUT2D eigenvalue weighted by atomic mass is 16.5. The number of H-pyrrole nitrogens is 2. The minimum Gasteiger partial charge on any atom is -0.488 e. The summed E-state index contributed by atoms with van der Waals surface area (Å²) >= 11 is 0. The van der Waals surface area contributed by atoms with Gasteiger partial charge in [0.2, 0.25) is 17.7 Å². The van der Waals surface area contributed by atoms with Gasteiger partial charge in [0, 0.05) is 30.5 Å². The second-order valence-corrected chi connectivity index (χ2v) is 15.0. The van der Waals surface area contributed by atoms with Gasteiger partial charge in [0.1, 0.15) is 36.6 Å². The van der Waals surface area contributed by atoms with Crippen LogP contribution in [0.2, 0.25) is 0 Å². The Morgan fingerprint density at radius 1 is 0.846 bits per heavy atom. The van der Waals surface area contributed by atoms with Crippen LogP contribution in [0.25, 0.3) is 44.2 Å². The quantitative estimate of drug-likeness (QED) is 0.0738. The molecule has 4 amide bonds. The summed E-state index contributed by atoms with van der Waals surface area (Å²) in [4.78, 5) is 70.5. The fourth-order valence-corrected chi connectivity index (χ4v) is 7.34. The van der Waals surface area contributed by atoms with Crippen LogP contribution in [0.4, 0.5) is 4.79 Å². The van der Waals surface area contributed by atoms with Gasteiger partial charge in [-0.2, -0.15) is 0 Å². The van der Waals surface area contributed by atoms with Crippen LogP contribution >= 0.6 is 0 Å². The van der Waals surface area contributed by atoms with Crippen LogP contribution in [-0.4, -0.2) is 80.3 Å². The number of hydrogen-bond acceptors (Lipinski definition) is 8. The molecule has 1 aliphatic heterocycles. The van der Waals surface area contributed by atoms with E-state index in [2.05, 4.69) is 87.3 Å². The molecule has 2 aromatic heterocycles. The molecule has 0 saturated heterocycles. The van der Waals surface area contributed by atoms with Crippen molar-refractivity contribution in [3.63, 3.8) is 0 Å². The van der Waals surface area contributed by atoms with Crippen LogP contribution in [0.1, 0.15) is 103 Å². The Hall–Kier alpha value is -7.14. The summed E-state index contributed by atoms with van der Waals surface area (Å²) in [7, 11) is 1.26. The smallest absolute Gasteiger partial charge is 0.407 e. The van der Waals surface area contributed by atoms with Crippen molar-refractivity contribution in [2.24, 2.45) is 0 Å². The van der Waals surface area contributed by atoms with Crippen LogP contribution in [0.3, 0.4) is 0 Å². The number of amides is 4. The molecule has 1 aliphatic rings. The number of carbonyl (C=O) groups is 4. The van der Waals surface area contributed by atoms with Crippen LogP contribution in [0.5, 0.6) is 5.75 Å². The Bertz CT molecular complexity index is 2530. The molecular weight excluding hydrogens is 821 g/mol. The normalized spacial score (nSPS) is 11.4. The zero-order valence-electron chi connectivity index (χ0n) is 39.0. The summed E-state index contributed by atoms with van der Waals surface area (Å²) in [6.45, 7) is 15.8. The van der Waals surface area contributed by atoms with Gasteiger partial charge in [-0.05, 0) is 64.7 Å². The Morgan fingerprint density at radius 3 is 2.22 bits per heavy atom. The van der Waals surface area contributed by atoms with E-state index in [0.29, 0.717) is 31.3 Å². The number of imidazole rings is 2. The summed E-state index contributed by atoms with van der Waals surface area (Å²) in [5.41, 5.74) is 7.22. The summed E-state index contributed by atoms with van der Waals surface area (Å²) in [5, 5.41) is 7.31. The number of alkyl carbamates (subject to hydrolysis) is 1. The summed E-state index contributed by atoms with van der Waals surface area (Å²) < 4.78 is 11.0. The van der Waals surface area contributed by atoms with E-state index < -0.39 is 12.1 Å². The highest BCUT2D eigenvalue weighted by Gasteiger charge is 2.28. The standard InChI is InChI=1S/C44H48N8O6.C3H8.C2H6.C2H2/c1-5-17-51(40(54)23-46-44(56)57-4)25-38-47-34-16-14-28-20-33-31-15-13-29(19-30(31)26-58-36(33)21-32(28)42(34)49-38)35-22-45-37(48-35)24-52(18-6-2)43(55)41(50-39(53)7-3)27-11-9-8-10-12-27;1-3-2;2*1-2/h8-16,19-22,41H,5-7,17-18,23-26H2,1-4H3,(H,45,48)(H,46,56)(H,47,49)(H,50,53);3H2,1-2H3;1-2H3;1-2H/t41-;;;/m1.../s1. The highest BCUT2D eigenvalue weighted by molar-refractivity contribution is 6.07. The Balaban J connectivity index is 0.00000125. The molecule has 4 N–H and O–H groups in total. The van der Waals surface area contributed by atoms with E-state index >= 15 is 0 Å². The lowest BCUT2D eigenvalue weighted by Crippen LogP contribution is -2.43. The molecule has 1 atom stereocenters. The molecule has 6 aromatic rings. The average molecular weight is 885 g/mol. The first-order valence-corrected chi connectivity index (χ1v) is 22.4. The molecule has 0 aliphatic carbocycles. The number of carbonyl (C=O) groups excluding carboxylic acids is 4. The predicted molar refractivity (Wildman–Crippen MR) is 258 cm³/mol. The number of rotatable bonds is 15. The number of nitrogens with one attached hydrogen (secondary N) is 4. The maximum absolute atomic E-state index is 13.9. The second-order valence-electron chi connectivity index (χ2n) is 15.0. The molecule has 0 fully saturated rings. The number of hydrogen-bond donors (Lipinski definition) is 4. The fraction of sp³-hybridized carbons (Fsp3) is 0.373. The van der Waals surface area contributed by atoms with Gasteiger partial charge in [0.15, 0.2) is 0 Å². The van der Waals surface area contributed by atoms with Crippen molar-refractivity contribution in [3.05, 3.63) is 102 Å². The van der Waals surface area contributed by atoms with Gasteiger partial charge in [0.05, 0.1) is 43.1 Å². The first kappa shape index (κ1) is 50.5. The zero-order valence-corrected chi connectivity index (χ0v) is 39.0. The molecule has 0 radical (unpaired) electrons. The fourth-order valence-electron chi connectivity index (χ4n) is 7.34. The Labute approximate surface area is 382 Å². The molecule has 344 valence electrons. The van der Waals surface area contributed by atoms with E-state index in [4.69, 9.17) is 9.72 Å². The number of terminal acetylenes is 1. The van der Waals surface area contributed by atoms with Crippen molar-refractivity contribution >= 4 is 45.6 Å². The third-order valence-corrected chi connectivity index (χ3v) is 10.2. The molecule has 3 heterocycles. The second kappa shape index (κ2) is 25.2. The lowest BCUT2D eigenvalue weighted by atomic mass is 9.92. The van der Waals surface area contributed by atoms with E-state index in [1.807, 2.05) is 70.2 Å². The molecule has 0 bridgehead atoms. The van der Waals surface area contributed by atoms with E-state index in [9.17, 15) is 19.2 Å². The number of ether oxygens (including phenoxy) is 2. The number of nitrogens with zero attached hydrogens (tertiary/aromatic N) is 4. The Morgan fingerprint density at radius 2 is 1.54 bits per heavy atom. The van der Waals surface area contributed by atoms with E-state index in [1.54, 1.807) is 22.9 Å². The van der Waals surface area contributed by atoms with Crippen LogP contribution in [0.15, 0.2) is 79.0 Å². The lowest BCUT2D eigenvalue weighted by molar-refractivity contribution is -0.137. The summed E-state index contributed by atoms with van der Waals surface area (Å²) in [5.74, 6) is 1.44. The number of benzene rings is 4. The van der Waals surface area contributed by atoms with Gasteiger partial charge < -0.3 is 39.9 Å². The van der Waals surface area contributed by atoms with Crippen molar-refractivity contribution in [1.29, 1.82) is 0 Å². The molecule has 0 unspecified atom stereocenters.